The molecule has 0 radical (unpaired) electrons. The number of aliphatic hydroxyl groups is 1. The highest BCUT2D eigenvalue weighted by Gasteiger charge is 2.16. The summed E-state index contributed by atoms with van der Waals surface area (Å²) in [7, 11) is 0. The van der Waals surface area contributed by atoms with E-state index < -0.39 is 0 Å². The zero-order valence-corrected chi connectivity index (χ0v) is 10.2. The molecule has 1 heterocycles. The number of carbonyl (C=O) groups excluding carboxylic acids is 1. The first kappa shape index (κ1) is 12.9. The molecule has 18 heavy (non-hydrogen) atoms. The Balaban J connectivity index is 1.74. The molecule has 1 aromatic rings. The van der Waals surface area contributed by atoms with E-state index in [2.05, 4.69) is 10.6 Å². The first-order valence-corrected chi connectivity index (χ1v) is 6.12. The van der Waals surface area contributed by atoms with E-state index in [0.29, 0.717) is 13.2 Å². The average Bonchev–Trinajstić information content (AvgIpc) is 2.90. The normalized spacial score (nSPS) is 18.6. The van der Waals surface area contributed by atoms with E-state index in [1.54, 1.807) is 0 Å². The number of carbonyl (C=O) groups is 1. The molecule has 2 rings (SSSR count). The molecule has 3 N–H and O–H groups in total. The van der Waals surface area contributed by atoms with Gasteiger partial charge >= 0.3 is 6.03 Å². The van der Waals surface area contributed by atoms with Crippen LogP contribution >= 0.6 is 0 Å². The van der Waals surface area contributed by atoms with Gasteiger partial charge in [0.1, 0.15) is 6.23 Å². The molecule has 1 aliphatic rings. The van der Waals surface area contributed by atoms with Gasteiger partial charge < -0.3 is 20.5 Å². The average molecular weight is 250 g/mol. The number of hydrogen-bond donors (Lipinski definition) is 3. The van der Waals surface area contributed by atoms with E-state index in [4.69, 9.17) is 9.84 Å². The number of amides is 2. The SMILES string of the molecule is O=C(NCc1ccc(CO)cc1)NC1CCCO1. The molecule has 1 saturated heterocycles. The summed E-state index contributed by atoms with van der Waals surface area (Å²) >= 11 is 0. The fourth-order valence-electron chi connectivity index (χ4n) is 1.83. The highest BCUT2D eigenvalue weighted by molar-refractivity contribution is 5.74. The van der Waals surface area contributed by atoms with E-state index in [1.807, 2.05) is 24.3 Å². The lowest BCUT2D eigenvalue weighted by Crippen LogP contribution is -2.41. The Hall–Kier alpha value is -1.59. The van der Waals surface area contributed by atoms with Gasteiger partial charge in [-0.1, -0.05) is 24.3 Å². The van der Waals surface area contributed by atoms with Crippen LogP contribution in [0.4, 0.5) is 4.79 Å². The van der Waals surface area contributed by atoms with E-state index in [-0.39, 0.29) is 18.9 Å². The van der Waals surface area contributed by atoms with Crippen molar-refractivity contribution in [2.75, 3.05) is 6.61 Å². The van der Waals surface area contributed by atoms with Crippen molar-refractivity contribution in [2.45, 2.75) is 32.2 Å². The van der Waals surface area contributed by atoms with Gasteiger partial charge in [-0.2, -0.15) is 0 Å². The maximum absolute atomic E-state index is 11.6. The molecule has 0 spiro atoms. The molecule has 0 saturated carbocycles. The molecule has 2 amide bonds. The summed E-state index contributed by atoms with van der Waals surface area (Å²) < 4.78 is 5.31. The van der Waals surface area contributed by atoms with Crippen LogP contribution in [0.25, 0.3) is 0 Å². The molecule has 1 atom stereocenters. The van der Waals surface area contributed by atoms with Crippen molar-refractivity contribution in [1.29, 1.82) is 0 Å². The van der Waals surface area contributed by atoms with Gasteiger partial charge in [-0.25, -0.2) is 4.79 Å². The lowest BCUT2D eigenvalue weighted by atomic mass is 10.1. The first-order valence-electron chi connectivity index (χ1n) is 6.12. The van der Waals surface area contributed by atoms with Crippen LogP contribution < -0.4 is 10.6 Å². The minimum atomic E-state index is -0.215. The Labute approximate surface area is 106 Å². The monoisotopic (exact) mass is 250 g/mol. The van der Waals surface area contributed by atoms with Crippen molar-refractivity contribution in [3.63, 3.8) is 0 Å². The van der Waals surface area contributed by atoms with Gasteiger partial charge in [-0.05, 0) is 24.0 Å². The maximum Gasteiger partial charge on any atom is 0.317 e. The van der Waals surface area contributed by atoms with Crippen molar-refractivity contribution < 1.29 is 14.6 Å². The second kappa shape index (κ2) is 6.37. The molecule has 0 bridgehead atoms. The number of benzene rings is 1. The summed E-state index contributed by atoms with van der Waals surface area (Å²) in [5.41, 5.74) is 1.86. The Kier molecular flexibility index (Phi) is 4.55. The molecule has 5 heteroatoms. The van der Waals surface area contributed by atoms with Crippen molar-refractivity contribution in [2.24, 2.45) is 0 Å². The fourth-order valence-corrected chi connectivity index (χ4v) is 1.83. The van der Waals surface area contributed by atoms with Gasteiger partial charge in [0.25, 0.3) is 0 Å². The smallest absolute Gasteiger partial charge is 0.317 e. The molecular weight excluding hydrogens is 232 g/mol. The van der Waals surface area contributed by atoms with Crippen LogP contribution in [-0.4, -0.2) is 24.0 Å². The Morgan fingerprint density at radius 2 is 2.06 bits per heavy atom. The van der Waals surface area contributed by atoms with E-state index in [0.717, 1.165) is 24.0 Å². The van der Waals surface area contributed by atoms with E-state index in [9.17, 15) is 4.79 Å². The van der Waals surface area contributed by atoms with Crippen LogP contribution in [0, 0.1) is 0 Å². The van der Waals surface area contributed by atoms with Gasteiger partial charge in [0.05, 0.1) is 6.61 Å². The number of hydrogen-bond acceptors (Lipinski definition) is 3. The maximum atomic E-state index is 11.6. The van der Waals surface area contributed by atoms with Gasteiger partial charge in [0, 0.05) is 13.2 Å². The zero-order chi connectivity index (χ0) is 12.8. The summed E-state index contributed by atoms with van der Waals surface area (Å²) in [6, 6.07) is 7.24. The number of aliphatic hydroxyl groups excluding tert-OH is 1. The molecular formula is C13H18N2O3. The number of rotatable bonds is 4. The van der Waals surface area contributed by atoms with E-state index in [1.165, 1.54) is 0 Å². The topological polar surface area (TPSA) is 70.6 Å². The lowest BCUT2D eigenvalue weighted by Gasteiger charge is -2.12. The number of nitrogens with one attached hydrogen (secondary N) is 2. The van der Waals surface area contributed by atoms with Crippen LogP contribution in [0.1, 0.15) is 24.0 Å². The highest BCUT2D eigenvalue weighted by Crippen LogP contribution is 2.08. The molecule has 1 unspecified atom stereocenters. The number of urea groups is 1. The summed E-state index contributed by atoms with van der Waals surface area (Å²) in [4.78, 5) is 11.6. The minimum Gasteiger partial charge on any atom is -0.392 e. The van der Waals surface area contributed by atoms with Crippen LogP contribution in [0.2, 0.25) is 0 Å². The minimum absolute atomic E-state index is 0.0349. The highest BCUT2D eigenvalue weighted by atomic mass is 16.5. The van der Waals surface area contributed by atoms with Crippen molar-refractivity contribution in [3.05, 3.63) is 35.4 Å². The van der Waals surface area contributed by atoms with Gasteiger partial charge in [0.15, 0.2) is 0 Å². The summed E-state index contributed by atoms with van der Waals surface area (Å²) in [6.07, 6.45) is 1.72. The van der Waals surface area contributed by atoms with Gasteiger partial charge in [0.2, 0.25) is 0 Å². The predicted molar refractivity (Wildman–Crippen MR) is 66.7 cm³/mol. The third-order valence-corrected chi connectivity index (χ3v) is 2.88. The molecule has 5 nitrogen and oxygen atoms in total. The second-order valence-corrected chi connectivity index (χ2v) is 4.30. The summed E-state index contributed by atoms with van der Waals surface area (Å²) in [5, 5.41) is 14.4. The standard InChI is InChI=1S/C13H18N2O3/c16-9-11-5-3-10(4-6-11)8-14-13(17)15-12-2-1-7-18-12/h3-6,12,16H,1-2,7-9H2,(H2,14,15,17). The van der Waals surface area contributed by atoms with Gasteiger partial charge in [-0.3, -0.25) is 0 Å². The van der Waals surface area contributed by atoms with Crippen LogP contribution in [0.5, 0.6) is 0 Å². The molecule has 0 aromatic heterocycles. The fraction of sp³-hybridized carbons (Fsp3) is 0.462. The third-order valence-electron chi connectivity index (χ3n) is 2.88. The second-order valence-electron chi connectivity index (χ2n) is 4.30. The van der Waals surface area contributed by atoms with Crippen molar-refractivity contribution in [1.82, 2.24) is 10.6 Å². The van der Waals surface area contributed by atoms with Crippen molar-refractivity contribution in [3.8, 4) is 0 Å². The van der Waals surface area contributed by atoms with Gasteiger partial charge in [-0.15, -0.1) is 0 Å². The zero-order valence-electron chi connectivity index (χ0n) is 10.2. The predicted octanol–water partition coefficient (Wildman–Crippen LogP) is 1.11. The number of ether oxygens (including phenoxy) is 1. The largest absolute Gasteiger partial charge is 0.392 e. The quantitative estimate of drug-likeness (QED) is 0.749. The Morgan fingerprint density at radius 3 is 2.67 bits per heavy atom. The van der Waals surface area contributed by atoms with E-state index >= 15 is 0 Å². The summed E-state index contributed by atoms with van der Waals surface area (Å²) in [6.45, 7) is 1.21. The molecule has 1 aromatic carbocycles. The Bertz CT molecular complexity index is 386. The van der Waals surface area contributed by atoms with Crippen molar-refractivity contribution >= 4 is 6.03 Å². The third kappa shape index (κ3) is 3.72. The first-order chi connectivity index (χ1) is 8.78. The lowest BCUT2D eigenvalue weighted by molar-refractivity contribution is 0.0907. The molecule has 0 aliphatic carbocycles. The summed E-state index contributed by atoms with van der Waals surface area (Å²) in [5.74, 6) is 0. The Morgan fingerprint density at radius 1 is 1.33 bits per heavy atom. The van der Waals surface area contributed by atoms with Crippen LogP contribution in [0.3, 0.4) is 0 Å². The molecule has 98 valence electrons. The molecule has 1 aliphatic heterocycles. The van der Waals surface area contributed by atoms with Crippen LogP contribution in [0.15, 0.2) is 24.3 Å². The molecule has 1 fully saturated rings. The van der Waals surface area contributed by atoms with Crippen LogP contribution in [-0.2, 0) is 17.9 Å².